The van der Waals surface area contributed by atoms with E-state index in [9.17, 15) is 0 Å². The highest BCUT2D eigenvalue weighted by atomic mass is 15.1. The summed E-state index contributed by atoms with van der Waals surface area (Å²) < 4.78 is 0. The minimum atomic E-state index is 0.424. The van der Waals surface area contributed by atoms with Crippen LogP contribution in [0.5, 0.6) is 0 Å². The van der Waals surface area contributed by atoms with Crippen LogP contribution < -0.4 is 11.5 Å². The molecule has 0 aliphatic heterocycles. The number of pyridine rings is 1. The van der Waals surface area contributed by atoms with E-state index in [4.69, 9.17) is 11.5 Å². The number of hydrogen-bond donors (Lipinski definition) is 3. The van der Waals surface area contributed by atoms with Crippen LogP contribution in [0.1, 0.15) is 5.69 Å². The van der Waals surface area contributed by atoms with E-state index in [1.54, 1.807) is 12.3 Å². The van der Waals surface area contributed by atoms with Crippen molar-refractivity contribution in [3.63, 3.8) is 0 Å². The third kappa shape index (κ3) is 1.28. The van der Waals surface area contributed by atoms with Crippen LogP contribution in [0.25, 0.3) is 11.1 Å². The largest absolute Gasteiger partial charge is 0.384 e. The summed E-state index contributed by atoms with van der Waals surface area (Å²) in [4.78, 5) is 3.98. The zero-order valence-corrected chi connectivity index (χ0v) is 7.78. The van der Waals surface area contributed by atoms with Gasteiger partial charge in [-0.15, -0.1) is 0 Å². The molecule has 2 rings (SSSR count). The third-order valence-corrected chi connectivity index (χ3v) is 2.07. The SMILES string of the molecule is Cc1[nH]ncc1-c1ccc(N)nc1N. The summed E-state index contributed by atoms with van der Waals surface area (Å²) >= 11 is 0. The molecule has 2 heterocycles. The Hall–Kier alpha value is -2.04. The molecule has 72 valence electrons. The Bertz CT molecular complexity index is 460. The molecule has 5 nitrogen and oxygen atoms in total. The third-order valence-electron chi connectivity index (χ3n) is 2.07. The van der Waals surface area contributed by atoms with Crippen LogP contribution in [0, 0.1) is 6.92 Å². The average molecular weight is 189 g/mol. The van der Waals surface area contributed by atoms with E-state index in [0.717, 1.165) is 16.8 Å². The Labute approximate surface area is 81.2 Å². The summed E-state index contributed by atoms with van der Waals surface area (Å²) in [6.45, 7) is 1.93. The molecule has 0 saturated heterocycles. The van der Waals surface area contributed by atoms with E-state index in [1.165, 1.54) is 0 Å². The van der Waals surface area contributed by atoms with Crippen LogP contribution in [-0.4, -0.2) is 15.2 Å². The molecule has 2 aromatic heterocycles. The number of aryl methyl sites for hydroxylation is 1. The molecule has 0 amide bonds. The van der Waals surface area contributed by atoms with Crippen LogP contribution in [0.3, 0.4) is 0 Å². The predicted octanol–water partition coefficient (Wildman–Crippen LogP) is 0.945. The van der Waals surface area contributed by atoms with Crippen molar-refractivity contribution in [1.29, 1.82) is 0 Å². The minimum absolute atomic E-state index is 0.424. The first-order valence-electron chi connectivity index (χ1n) is 4.21. The molecule has 0 fully saturated rings. The summed E-state index contributed by atoms with van der Waals surface area (Å²) in [5.41, 5.74) is 14.0. The summed E-state index contributed by atoms with van der Waals surface area (Å²) in [5, 5.41) is 6.77. The fourth-order valence-corrected chi connectivity index (χ4v) is 1.34. The molecule has 14 heavy (non-hydrogen) atoms. The van der Waals surface area contributed by atoms with Gasteiger partial charge in [0, 0.05) is 16.8 Å². The van der Waals surface area contributed by atoms with Gasteiger partial charge in [0.1, 0.15) is 11.6 Å². The first-order chi connectivity index (χ1) is 6.68. The number of aromatic nitrogens is 3. The highest BCUT2D eigenvalue weighted by molar-refractivity contribution is 5.75. The maximum atomic E-state index is 5.75. The zero-order valence-electron chi connectivity index (χ0n) is 7.78. The number of rotatable bonds is 1. The van der Waals surface area contributed by atoms with Gasteiger partial charge in [-0.1, -0.05) is 0 Å². The Morgan fingerprint density at radius 1 is 1.21 bits per heavy atom. The first kappa shape index (κ1) is 8.55. The van der Waals surface area contributed by atoms with Crippen LogP contribution in [0.4, 0.5) is 11.6 Å². The smallest absolute Gasteiger partial charge is 0.133 e. The van der Waals surface area contributed by atoms with Crippen molar-refractivity contribution in [2.75, 3.05) is 11.5 Å². The normalized spacial score (nSPS) is 10.4. The van der Waals surface area contributed by atoms with Crippen LogP contribution in [0.15, 0.2) is 18.3 Å². The maximum Gasteiger partial charge on any atom is 0.133 e. The van der Waals surface area contributed by atoms with Crippen molar-refractivity contribution >= 4 is 11.6 Å². The molecule has 0 unspecified atom stereocenters. The molecule has 0 bridgehead atoms. The predicted molar refractivity (Wildman–Crippen MR) is 55.4 cm³/mol. The van der Waals surface area contributed by atoms with Gasteiger partial charge in [-0.05, 0) is 19.1 Å². The van der Waals surface area contributed by atoms with Gasteiger partial charge in [-0.3, -0.25) is 5.10 Å². The van der Waals surface area contributed by atoms with E-state index in [0.29, 0.717) is 11.6 Å². The van der Waals surface area contributed by atoms with Crippen molar-refractivity contribution in [1.82, 2.24) is 15.2 Å². The number of nitrogens with one attached hydrogen (secondary N) is 1. The molecule has 0 spiro atoms. The topological polar surface area (TPSA) is 93.6 Å². The number of hydrogen-bond acceptors (Lipinski definition) is 4. The fraction of sp³-hybridized carbons (Fsp3) is 0.111. The van der Waals surface area contributed by atoms with E-state index in [2.05, 4.69) is 15.2 Å². The number of aromatic amines is 1. The summed E-state index contributed by atoms with van der Waals surface area (Å²) in [5.74, 6) is 0.849. The maximum absolute atomic E-state index is 5.75. The van der Waals surface area contributed by atoms with Crippen molar-refractivity contribution < 1.29 is 0 Å². The fourth-order valence-electron chi connectivity index (χ4n) is 1.34. The van der Waals surface area contributed by atoms with E-state index >= 15 is 0 Å². The van der Waals surface area contributed by atoms with Crippen LogP contribution in [0.2, 0.25) is 0 Å². The zero-order chi connectivity index (χ0) is 10.1. The van der Waals surface area contributed by atoms with Crippen molar-refractivity contribution in [3.8, 4) is 11.1 Å². The number of nitrogens with two attached hydrogens (primary N) is 2. The van der Waals surface area contributed by atoms with Gasteiger partial charge in [0.2, 0.25) is 0 Å². The molecular formula is C9H11N5. The van der Waals surface area contributed by atoms with Crippen molar-refractivity contribution in [3.05, 3.63) is 24.0 Å². The minimum Gasteiger partial charge on any atom is -0.384 e. The second-order valence-electron chi connectivity index (χ2n) is 3.08. The molecule has 0 radical (unpaired) electrons. The molecule has 0 aromatic carbocycles. The van der Waals surface area contributed by atoms with Gasteiger partial charge in [0.25, 0.3) is 0 Å². The van der Waals surface area contributed by atoms with Gasteiger partial charge in [-0.2, -0.15) is 5.10 Å². The quantitative estimate of drug-likeness (QED) is 0.622. The Morgan fingerprint density at radius 2 is 2.00 bits per heavy atom. The monoisotopic (exact) mass is 189 g/mol. The molecule has 0 aliphatic rings. The second kappa shape index (κ2) is 3.02. The molecular weight excluding hydrogens is 178 g/mol. The average Bonchev–Trinajstić information content (AvgIpc) is 2.52. The number of nitrogens with zero attached hydrogens (tertiary/aromatic N) is 2. The van der Waals surface area contributed by atoms with Gasteiger partial charge >= 0.3 is 0 Å². The number of nitrogen functional groups attached to an aromatic ring is 2. The van der Waals surface area contributed by atoms with E-state index < -0.39 is 0 Å². The van der Waals surface area contributed by atoms with E-state index in [-0.39, 0.29) is 0 Å². The summed E-state index contributed by atoms with van der Waals surface area (Å²) in [7, 11) is 0. The highest BCUT2D eigenvalue weighted by Gasteiger charge is 2.08. The van der Waals surface area contributed by atoms with Crippen molar-refractivity contribution in [2.24, 2.45) is 0 Å². The molecule has 5 N–H and O–H groups in total. The Balaban J connectivity index is 2.58. The summed E-state index contributed by atoms with van der Waals surface area (Å²) in [6, 6.07) is 3.56. The van der Waals surface area contributed by atoms with Gasteiger partial charge in [-0.25, -0.2) is 4.98 Å². The van der Waals surface area contributed by atoms with Crippen LogP contribution in [-0.2, 0) is 0 Å². The summed E-state index contributed by atoms with van der Waals surface area (Å²) in [6.07, 6.45) is 1.72. The highest BCUT2D eigenvalue weighted by Crippen LogP contribution is 2.26. The molecule has 0 aliphatic carbocycles. The van der Waals surface area contributed by atoms with Gasteiger partial charge < -0.3 is 11.5 Å². The lowest BCUT2D eigenvalue weighted by Gasteiger charge is -2.03. The number of H-pyrrole nitrogens is 1. The second-order valence-corrected chi connectivity index (χ2v) is 3.08. The van der Waals surface area contributed by atoms with Crippen LogP contribution >= 0.6 is 0 Å². The van der Waals surface area contributed by atoms with Gasteiger partial charge in [0.05, 0.1) is 6.20 Å². The van der Waals surface area contributed by atoms with Gasteiger partial charge in [0.15, 0.2) is 0 Å². The number of anilines is 2. The lowest BCUT2D eigenvalue weighted by Crippen LogP contribution is -1.98. The molecule has 2 aromatic rings. The Morgan fingerprint density at radius 3 is 2.57 bits per heavy atom. The van der Waals surface area contributed by atoms with E-state index in [1.807, 2.05) is 13.0 Å². The molecule has 5 heteroatoms. The lowest BCUT2D eigenvalue weighted by molar-refractivity contribution is 1.05. The molecule has 0 atom stereocenters. The molecule has 0 saturated carbocycles. The lowest BCUT2D eigenvalue weighted by atomic mass is 10.1. The van der Waals surface area contributed by atoms with Crippen molar-refractivity contribution in [2.45, 2.75) is 6.92 Å². The first-order valence-corrected chi connectivity index (χ1v) is 4.21. The standard InChI is InChI=1S/C9H11N5/c1-5-7(4-12-14-5)6-2-3-8(10)13-9(6)11/h2-4H,1H3,(H,12,14)(H4,10,11,13). The Kier molecular flexibility index (Phi) is 1.85.